The molecule has 0 spiro atoms. The molecule has 142 valence electrons. The van der Waals surface area contributed by atoms with Crippen LogP contribution in [0.15, 0.2) is 72.8 Å². The Morgan fingerprint density at radius 2 is 0.929 bits per heavy atom. The van der Waals surface area contributed by atoms with Gasteiger partial charge >= 0.3 is 11.8 Å². The maximum absolute atomic E-state index is 11.7. The monoisotopic (exact) mass is 380 g/mol. The van der Waals surface area contributed by atoms with Gasteiger partial charge in [0.25, 0.3) is 0 Å². The van der Waals surface area contributed by atoms with Crippen molar-refractivity contribution in [2.24, 2.45) is 0 Å². The van der Waals surface area contributed by atoms with Crippen molar-refractivity contribution in [1.82, 2.24) is 10.9 Å². The fourth-order valence-electron chi connectivity index (χ4n) is 2.00. The lowest BCUT2D eigenvalue weighted by atomic mass is 10.1. The molecule has 0 aliphatic carbocycles. The average Bonchev–Trinajstić information content (AvgIpc) is 2.72. The molecule has 0 heterocycles. The highest BCUT2D eigenvalue weighted by atomic mass is 16.3. The Bertz CT molecular complexity index is 870. The predicted molar refractivity (Wildman–Crippen MR) is 100 cm³/mol. The van der Waals surface area contributed by atoms with E-state index in [4.69, 9.17) is 0 Å². The number of ketones is 2. The van der Waals surface area contributed by atoms with Crippen molar-refractivity contribution in [1.29, 1.82) is 0 Å². The molecule has 2 amide bonds. The van der Waals surface area contributed by atoms with E-state index in [1.165, 1.54) is 24.3 Å². The van der Waals surface area contributed by atoms with Crippen LogP contribution < -0.4 is 10.9 Å². The fourth-order valence-corrected chi connectivity index (χ4v) is 2.00. The second-order valence-electron chi connectivity index (χ2n) is 5.43. The molecular formula is C20H16N2O6. The SMILES string of the molecule is O=C(/C=C(\O)c1ccccc1)C(=O)NNC(=O)C(=O)/C=C(\O)c1ccccc1. The highest BCUT2D eigenvalue weighted by molar-refractivity contribution is 6.44. The summed E-state index contributed by atoms with van der Waals surface area (Å²) in [5.41, 5.74) is 4.16. The summed E-state index contributed by atoms with van der Waals surface area (Å²) in [7, 11) is 0. The first-order valence-corrected chi connectivity index (χ1v) is 7.99. The minimum absolute atomic E-state index is 0.324. The molecule has 0 aliphatic rings. The van der Waals surface area contributed by atoms with Gasteiger partial charge < -0.3 is 10.2 Å². The number of hydrogen-bond acceptors (Lipinski definition) is 6. The van der Waals surface area contributed by atoms with Crippen LogP contribution in [0.5, 0.6) is 0 Å². The van der Waals surface area contributed by atoms with E-state index in [9.17, 15) is 29.4 Å². The molecule has 0 unspecified atom stereocenters. The van der Waals surface area contributed by atoms with Crippen molar-refractivity contribution >= 4 is 34.9 Å². The van der Waals surface area contributed by atoms with Gasteiger partial charge in [0.1, 0.15) is 11.5 Å². The highest BCUT2D eigenvalue weighted by Crippen LogP contribution is 2.10. The largest absolute Gasteiger partial charge is 0.507 e. The summed E-state index contributed by atoms with van der Waals surface area (Å²) in [6, 6.07) is 16.1. The lowest BCUT2D eigenvalue weighted by Crippen LogP contribution is -2.46. The van der Waals surface area contributed by atoms with Crippen molar-refractivity contribution < 1.29 is 29.4 Å². The van der Waals surface area contributed by atoms with Crippen molar-refractivity contribution in [3.8, 4) is 0 Å². The Labute approximate surface area is 159 Å². The van der Waals surface area contributed by atoms with Gasteiger partial charge in [-0.25, -0.2) is 0 Å². The molecule has 0 atom stereocenters. The molecule has 2 aromatic carbocycles. The number of rotatable bonds is 6. The van der Waals surface area contributed by atoms with E-state index < -0.39 is 34.9 Å². The lowest BCUT2D eigenvalue weighted by Gasteiger charge is -2.04. The Morgan fingerprint density at radius 1 is 0.607 bits per heavy atom. The van der Waals surface area contributed by atoms with E-state index in [1.807, 2.05) is 0 Å². The number of aliphatic hydroxyl groups is 2. The predicted octanol–water partition coefficient (Wildman–Crippen LogP) is 1.47. The number of carbonyl (C=O) groups excluding carboxylic acids is 4. The molecule has 0 saturated carbocycles. The van der Waals surface area contributed by atoms with Crippen molar-refractivity contribution in [3.63, 3.8) is 0 Å². The average molecular weight is 380 g/mol. The summed E-state index contributed by atoms with van der Waals surface area (Å²) in [5.74, 6) is -5.67. The summed E-state index contributed by atoms with van der Waals surface area (Å²) >= 11 is 0. The van der Waals surface area contributed by atoms with Crippen LogP contribution in [0.4, 0.5) is 0 Å². The molecule has 8 heteroatoms. The molecule has 0 radical (unpaired) electrons. The van der Waals surface area contributed by atoms with E-state index in [2.05, 4.69) is 0 Å². The van der Waals surface area contributed by atoms with E-state index in [-0.39, 0.29) is 0 Å². The molecular weight excluding hydrogens is 364 g/mol. The van der Waals surface area contributed by atoms with Crippen LogP contribution >= 0.6 is 0 Å². The minimum atomic E-state index is -1.26. The first kappa shape index (κ1) is 20.1. The van der Waals surface area contributed by atoms with E-state index in [0.717, 1.165) is 0 Å². The molecule has 0 fully saturated rings. The molecule has 0 aromatic heterocycles. The van der Waals surface area contributed by atoms with Crippen molar-refractivity contribution in [2.45, 2.75) is 0 Å². The number of nitrogens with one attached hydrogen (secondary N) is 2. The summed E-state index contributed by atoms with van der Waals surface area (Å²) in [6.07, 6.45) is 1.36. The number of amides is 2. The van der Waals surface area contributed by atoms with Crippen LogP contribution in [0.3, 0.4) is 0 Å². The second kappa shape index (κ2) is 9.48. The highest BCUT2D eigenvalue weighted by Gasteiger charge is 2.17. The van der Waals surface area contributed by atoms with Crippen LogP contribution in [-0.4, -0.2) is 33.6 Å². The summed E-state index contributed by atoms with van der Waals surface area (Å²) in [4.78, 5) is 46.8. The number of aliphatic hydroxyl groups excluding tert-OH is 2. The van der Waals surface area contributed by atoms with Crippen LogP contribution in [0, 0.1) is 0 Å². The van der Waals surface area contributed by atoms with Gasteiger partial charge in [0.15, 0.2) is 0 Å². The topological polar surface area (TPSA) is 133 Å². The molecule has 0 saturated heterocycles. The molecule has 8 nitrogen and oxygen atoms in total. The van der Waals surface area contributed by atoms with Gasteiger partial charge in [-0.1, -0.05) is 60.7 Å². The molecule has 4 N–H and O–H groups in total. The fraction of sp³-hybridized carbons (Fsp3) is 0. The normalized spacial score (nSPS) is 11.4. The van der Waals surface area contributed by atoms with Crippen LogP contribution in [0.2, 0.25) is 0 Å². The van der Waals surface area contributed by atoms with Gasteiger partial charge in [-0.3, -0.25) is 30.0 Å². The maximum atomic E-state index is 11.7. The van der Waals surface area contributed by atoms with Crippen LogP contribution in [-0.2, 0) is 19.2 Å². The third-order valence-corrected chi connectivity index (χ3v) is 3.41. The molecule has 2 rings (SSSR count). The zero-order valence-corrected chi connectivity index (χ0v) is 14.5. The number of carbonyl (C=O) groups is 4. The van der Waals surface area contributed by atoms with Crippen LogP contribution in [0.1, 0.15) is 11.1 Å². The summed E-state index contributed by atoms with van der Waals surface area (Å²) in [5, 5.41) is 19.6. The van der Waals surface area contributed by atoms with Crippen LogP contribution in [0.25, 0.3) is 11.5 Å². The molecule has 0 aliphatic heterocycles. The first-order valence-electron chi connectivity index (χ1n) is 7.99. The zero-order chi connectivity index (χ0) is 20.5. The molecule has 0 bridgehead atoms. The number of benzene rings is 2. The van der Waals surface area contributed by atoms with Gasteiger partial charge in [0.2, 0.25) is 11.6 Å². The van der Waals surface area contributed by atoms with E-state index in [0.29, 0.717) is 23.3 Å². The zero-order valence-electron chi connectivity index (χ0n) is 14.5. The molecule has 2 aromatic rings. The third-order valence-electron chi connectivity index (χ3n) is 3.41. The van der Waals surface area contributed by atoms with Gasteiger partial charge in [0, 0.05) is 23.3 Å². The maximum Gasteiger partial charge on any atom is 0.310 e. The Balaban J connectivity index is 1.92. The van der Waals surface area contributed by atoms with E-state index >= 15 is 0 Å². The van der Waals surface area contributed by atoms with Gasteiger partial charge in [-0.2, -0.15) is 0 Å². The van der Waals surface area contributed by atoms with Gasteiger partial charge in [-0.05, 0) is 0 Å². The van der Waals surface area contributed by atoms with Crippen molar-refractivity contribution in [3.05, 3.63) is 83.9 Å². The summed E-state index contributed by atoms with van der Waals surface area (Å²) in [6.45, 7) is 0. The quantitative estimate of drug-likeness (QED) is 0.260. The smallest absolute Gasteiger partial charge is 0.310 e. The standard InChI is InChI=1S/C20H16N2O6/c23-15(13-7-3-1-4-8-13)11-17(25)19(27)21-22-20(28)18(26)12-16(24)14-9-5-2-6-10-14/h1-12,23-24H,(H,21,27)(H,22,28)/b15-11-,16-12-. The first-order chi connectivity index (χ1) is 13.4. The Morgan fingerprint density at radius 3 is 1.25 bits per heavy atom. The number of hydrazine groups is 1. The third kappa shape index (κ3) is 5.67. The van der Waals surface area contributed by atoms with Gasteiger partial charge in [0.05, 0.1) is 0 Å². The minimum Gasteiger partial charge on any atom is -0.507 e. The molecule has 28 heavy (non-hydrogen) atoms. The Hall–Kier alpha value is -4.20. The second-order valence-corrected chi connectivity index (χ2v) is 5.43. The lowest BCUT2D eigenvalue weighted by molar-refractivity contribution is -0.140. The van der Waals surface area contributed by atoms with E-state index in [1.54, 1.807) is 47.2 Å². The summed E-state index contributed by atoms with van der Waals surface area (Å²) < 4.78 is 0. The van der Waals surface area contributed by atoms with Gasteiger partial charge in [-0.15, -0.1) is 0 Å². The van der Waals surface area contributed by atoms with Crippen molar-refractivity contribution in [2.75, 3.05) is 0 Å². The Kier molecular flexibility index (Phi) is 6.81. The number of hydrogen-bond donors (Lipinski definition) is 4.